The molecule has 18 heavy (non-hydrogen) atoms. The number of guanidine groups is 1. The van der Waals surface area contributed by atoms with Gasteiger partial charge in [-0.15, -0.1) is 0 Å². The summed E-state index contributed by atoms with van der Waals surface area (Å²) < 4.78 is 0. The number of nitrogens with two attached hydrogens (primary N) is 1. The Balaban J connectivity index is 1.83. The van der Waals surface area contributed by atoms with Crippen LogP contribution in [0.25, 0.3) is 0 Å². The standard InChI is InChI=1S/C14H22N4/c1-12(11-18-9-5-6-10-18)16-14(15)17-13-7-3-2-4-8-13/h2-4,7-8,12H,5-6,9-11H2,1H3,(H3,15,16,17). The molecular weight excluding hydrogens is 224 g/mol. The summed E-state index contributed by atoms with van der Waals surface area (Å²) in [5, 5.41) is 3.11. The molecule has 0 aromatic heterocycles. The monoisotopic (exact) mass is 246 g/mol. The fraction of sp³-hybridized carbons (Fsp3) is 0.500. The van der Waals surface area contributed by atoms with Crippen molar-refractivity contribution < 1.29 is 0 Å². The maximum atomic E-state index is 5.90. The molecule has 0 radical (unpaired) electrons. The minimum atomic E-state index is 0.235. The Morgan fingerprint density at radius 2 is 2.00 bits per heavy atom. The second-order valence-electron chi connectivity index (χ2n) is 4.86. The van der Waals surface area contributed by atoms with E-state index in [9.17, 15) is 0 Å². The van der Waals surface area contributed by atoms with Gasteiger partial charge in [0.1, 0.15) is 0 Å². The van der Waals surface area contributed by atoms with Crippen molar-refractivity contribution in [2.75, 3.05) is 25.0 Å². The molecule has 1 aliphatic heterocycles. The lowest BCUT2D eigenvalue weighted by Crippen LogP contribution is -2.31. The number of aliphatic imine (C=N–C) groups is 1. The van der Waals surface area contributed by atoms with Gasteiger partial charge < -0.3 is 16.0 Å². The predicted molar refractivity (Wildman–Crippen MR) is 76.8 cm³/mol. The van der Waals surface area contributed by atoms with Gasteiger partial charge in [-0.1, -0.05) is 18.2 Å². The molecule has 0 bridgehead atoms. The highest BCUT2D eigenvalue weighted by Crippen LogP contribution is 2.09. The van der Waals surface area contributed by atoms with Crippen molar-refractivity contribution in [2.45, 2.75) is 25.8 Å². The minimum Gasteiger partial charge on any atom is -0.370 e. The van der Waals surface area contributed by atoms with Crippen LogP contribution < -0.4 is 11.1 Å². The molecule has 2 rings (SSSR count). The topological polar surface area (TPSA) is 53.6 Å². The number of nitrogens with zero attached hydrogens (tertiary/aromatic N) is 2. The average Bonchev–Trinajstić information content (AvgIpc) is 2.82. The molecule has 4 heteroatoms. The van der Waals surface area contributed by atoms with Gasteiger partial charge in [0, 0.05) is 12.2 Å². The zero-order valence-corrected chi connectivity index (χ0v) is 11.0. The normalized spacial score (nSPS) is 18.8. The van der Waals surface area contributed by atoms with E-state index < -0.39 is 0 Å². The van der Waals surface area contributed by atoms with Crippen LogP contribution in [0.1, 0.15) is 19.8 Å². The third kappa shape index (κ3) is 4.04. The Morgan fingerprint density at radius 1 is 1.33 bits per heavy atom. The van der Waals surface area contributed by atoms with Crippen LogP contribution >= 0.6 is 0 Å². The molecule has 3 N–H and O–H groups in total. The highest BCUT2D eigenvalue weighted by molar-refractivity contribution is 5.92. The van der Waals surface area contributed by atoms with Crippen LogP contribution in [0.4, 0.5) is 5.69 Å². The third-order valence-electron chi connectivity index (χ3n) is 3.13. The van der Waals surface area contributed by atoms with E-state index in [0.29, 0.717) is 5.96 Å². The summed E-state index contributed by atoms with van der Waals surface area (Å²) >= 11 is 0. The Hall–Kier alpha value is -1.55. The summed E-state index contributed by atoms with van der Waals surface area (Å²) in [4.78, 5) is 6.93. The van der Waals surface area contributed by atoms with Crippen LogP contribution in [0.5, 0.6) is 0 Å². The number of benzene rings is 1. The van der Waals surface area contributed by atoms with Gasteiger partial charge in [-0.2, -0.15) is 0 Å². The number of rotatable bonds is 4. The Bertz CT molecular complexity index is 382. The van der Waals surface area contributed by atoms with E-state index in [4.69, 9.17) is 5.73 Å². The molecule has 1 unspecified atom stereocenters. The molecule has 0 saturated carbocycles. The molecular formula is C14H22N4. The van der Waals surface area contributed by atoms with Crippen molar-refractivity contribution in [3.8, 4) is 0 Å². The minimum absolute atomic E-state index is 0.235. The Morgan fingerprint density at radius 3 is 2.67 bits per heavy atom. The van der Waals surface area contributed by atoms with Crippen molar-refractivity contribution in [3.63, 3.8) is 0 Å². The Labute approximate surface area is 109 Å². The zero-order chi connectivity index (χ0) is 12.8. The molecule has 0 aliphatic carbocycles. The second kappa shape index (κ2) is 6.40. The first-order valence-electron chi connectivity index (χ1n) is 6.62. The van der Waals surface area contributed by atoms with Crippen LogP contribution in [-0.2, 0) is 0 Å². The lowest BCUT2D eigenvalue weighted by Gasteiger charge is -2.18. The molecule has 0 spiro atoms. The van der Waals surface area contributed by atoms with Gasteiger partial charge in [-0.25, -0.2) is 4.99 Å². The lowest BCUT2D eigenvalue weighted by molar-refractivity contribution is 0.321. The lowest BCUT2D eigenvalue weighted by atomic mass is 10.3. The van der Waals surface area contributed by atoms with E-state index in [2.05, 4.69) is 22.1 Å². The van der Waals surface area contributed by atoms with Crippen LogP contribution in [0.3, 0.4) is 0 Å². The maximum absolute atomic E-state index is 5.90. The summed E-state index contributed by atoms with van der Waals surface area (Å²) in [6.07, 6.45) is 2.63. The molecule has 1 aromatic carbocycles. The number of anilines is 1. The van der Waals surface area contributed by atoms with Gasteiger partial charge in [-0.05, 0) is 45.0 Å². The van der Waals surface area contributed by atoms with Crippen molar-refractivity contribution in [3.05, 3.63) is 30.3 Å². The molecule has 1 fully saturated rings. The highest BCUT2D eigenvalue weighted by atomic mass is 15.2. The number of hydrogen-bond donors (Lipinski definition) is 2. The van der Waals surface area contributed by atoms with E-state index in [0.717, 1.165) is 12.2 Å². The van der Waals surface area contributed by atoms with Crippen molar-refractivity contribution in [1.29, 1.82) is 0 Å². The van der Waals surface area contributed by atoms with Crippen molar-refractivity contribution in [1.82, 2.24) is 4.90 Å². The smallest absolute Gasteiger partial charge is 0.193 e. The first kappa shape index (κ1) is 12.9. The number of nitrogens with one attached hydrogen (secondary N) is 1. The first-order valence-corrected chi connectivity index (χ1v) is 6.62. The quantitative estimate of drug-likeness (QED) is 0.630. The number of para-hydroxylation sites is 1. The fourth-order valence-electron chi connectivity index (χ4n) is 2.32. The van der Waals surface area contributed by atoms with E-state index in [1.165, 1.54) is 25.9 Å². The van der Waals surface area contributed by atoms with Gasteiger partial charge in [-0.3, -0.25) is 0 Å². The van der Waals surface area contributed by atoms with Gasteiger partial charge in [0.05, 0.1) is 6.04 Å². The van der Waals surface area contributed by atoms with Gasteiger partial charge in [0.2, 0.25) is 0 Å². The SMILES string of the molecule is CC(CN1CCCC1)N=C(N)Nc1ccccc1. The van der Waals surface area contributed by atoms with E-state index in [-0.39, 0.29) is 6.04 Å². The molecule has 1 heterocycles. The van der Waals surface area contributed by atoms with Crippen molar-refractivity contribution in [2.24, 2.45) is 10.7 Å². The summed E-state index contributed by atoms with van der Waals surface area (Å²) in [5.74, 6) is 0.493. The van der Waals surface area contributed by atoms with Gasteiger partial charge in [0.15, 0.2) is 5.96 Å². The summed E-state index contributed by atoms with van der Waals surface area (Å²) in [6.45, 7) is 5.51. The molecule has 1 atom stereocenters. The highest BCUT2D eigenvalue weighted by Gasteiger charge is 2.14. The van der Waals surface area contributed by atoms with Crippen LogP contribution in [0.15, 0.2) is 35.3 Å². The van der Waals surface area contributed by atoms with E-state index >= 15 is 0 Å². The summed E-state index contributed by atoms with van der Waals surface area (Å²) in [7, 11) is 0. The molecule has 98 valence electrons. The number of hydrogen-bond acceptors (Lipinski definition) is 2. The van der Waals surface area contributed by atoms with Gasteiger partial charge in [0.25, 0.3) is 0 Å². The molecule has 1 aromatic rings. The van der Waals surface area contributed by atoms with Crippen LogP contribution in [0.2, 0.25) is 0 Å². The summed E-state index contributed by atoms with van der Waals surface area (Å²) in [6, 6.07) is 10.1. The fourth-order valence-corrected chi connectivity index (χ4v) is 2.32. The van der Waals surface area contributed by atoms with Crippen molar-refractivity contribution >= 4 is 11.6 Å². The third-order valence-corrected chi connectivity index (χ3v) is 3.13. The zero-order valence-electron chi connectivity index (χ0n) is 11.0. The molecule has 0 amide bonds. The average molecular weight is 246 g/mol. The Kier molecular flexibility index (Phi) is 4.59. The summed E-state index contributed by atoms with van der Waals surface area (Å²) in [5.41, 5.74) is 6.88. The second-order valence-corrected chi connectivity index (χ2v) is 4.86. The van der Waals surface area contributed by atoms with Crippen LogP contribution in [-0.4, -0.2) is 36.5 Å². The van der Waals surface area contributed by atoms with E-state index in [1.54, 1.807) is 0 Å². The number of likely N-dealkylation sites (tertiary alicyclic amines) is 1. The van der Waals surface area contributed by atoms with Crippen LogP contribution in [0, 0.1) is 0 Å². The molecule has 1 aliphatic rings. The largest absolute Gasteiger partial charge is 0.370 e. The first-order chi connectivity index (χ1) is 8.74. The maximum Gasteiger partial charge on any atom is 0.193 e. The predicted octanol–water partition coefficient (Wildman–Crippen LogP) is 1.90. The molecule has 4 nitrogen and oxygen atoms in total. The van der Waals surface area contributed by atoms with E-state index in [1.807, 2.05) is 30.3 Å². The van der Waals surface area contributed by atoms with Gasteiger partial charge >= 0.3 is 0 Å². The molecule has 1 saturated heterocycles.